The van der Waals surface area contributed by atoms with E-state index in [1.54, 1.807) is 0 Å². The van der Waals surface area contributed by atoms with E-state index in [4.69, 9.17) is 9.52 Å². The zero-order valence-electron chi connectivity index (χ0n) is 11.9. The fourth-order valence-corrected chi connectivity index (χ4v) is 2.56. The maximum Gasteiger partial charge on any atom is 0.338 e. The van der Waals surface area contributed by atoms with Gasteiger partial charge in [0.25, 0.3) is 5.91 Å². The van der Waals surface area contributed by atoms with Gasteiger partial charge in [-0.15, -0.1) is 0 Å². The van der Waals surface area contributed by atoms with Gasteiger partial charge in [0.15, 0.2) is 5.76 Å². The van der Waals surface area contributed by atoms with Crippen molar-refractivity contribution in [2.24, 2.45) is 0 Å². The Labute approximate surface area is 127 Å². The Bertz CT molecular complexity index is 702. The lowest BCUT2D eigenvalue weighted by molar-refractivity contribution is 0.0696. The number of aromatic carboxylic acids is 1. The average Bonchev–Trinajstić information content (AvgIpc) is 3.19. The molecule has 0 saturated carbocycles. The van der Waals surface area contributed by atoms with E-state index in [-0.39, 0.29) is 11.3 Å². The van der Waals surface area contributed by atoms with Crippen molar-refractivity contribution in [1.29, 1.82) is 0 Å². The lowest BCUT2D eigenvalue weighted by atomic mass is 10.2. The van der Waals surface area contributed by atoms with Crippen molar-refractivity contribution < 1.29 is 19.1 Å². The van der Waals surface area contributed by atoms with Crippen LogP contribution in [0.2, 0.25) is 0 Å². The fourth-order valence-electron chi connectivity index (χ4n) is 2.56. The average molecular weight is 300 g/mol. The Morgan fingerprint density at radius 3 is 2.59 bits per heavy atom. The molecule has 2 aromatic rings. The van der Waals surface area contributed by atoms with Gasteiger partial charge in [0, 0.05) is 19.2 Å². The molecule has 1 saturated heterocycles. The Hall–Kier alpha value is -2.76. The van der Waals surface area contributed by atoms with Crippen LogP contribution >= 0.6 is 0 Å². The molecule has 1 aromatic carbocycles. The van der Waals surface area contributed by atoms with E-state index in [2.05, 4.69) is 10.2 Å². The van der Waals surface area contributed by atoms with E-state index in [0.29, 0.717) is 5.69 Å². The van der Waals surface area contributed by atoms with Gasteiger partial charge in [-0.05, 0) is 25.0 Å². The van der Waals surface area contributed by atoms with Crippen molar-refractivity contribution in [1.82, 2.24) is 0 Å². The number of carboxylic acid groups (broad SMARTS) is 1. The first kappa shape index (κ1) is 14.2. The Balaban J connectivity index is 1.80. The molecule has 0 atom stereocenters. The van der Waals surface area contributed by atoms with Crippen LogP contribution in [-0.4, -0.2) is 30.1 Å². The van der Waals surface area contributed by atoms with Gasteiger partial charge in [-0.2, -0.15) is 0 Å². The van der Waals surface area contributed by atoms with E-state index in [0.717, 1.165) is 37.9 Å². The van der Waals surface area contributed by atoms with Gasteiger partial charge in [0.1, 0.15) is 6.26 Å². The SMILES string of the molecule is O=C(O)c1coc(C(=O)Nc2ccccc2N2CCCC2)c1. The third-order valence-electron chi connectivity index (χ3n) is 3.67. The zero-order chi connectivity index (χ0) is 15.5. The van der Waals surface area contributed by atoms with Gasteiger partial charge in [-0.25, -0.2) is 4.79 Å². The van der Waals surface area contributed by atoms with Crippen LogP contribution in [0.5, 0.6) is 0 Å². The molecular weight excluding hydrogens is 284 g/mol. The number of nitrogens with one attached hydrogen (secondary N) is 1. The summed E-state index contributed by atoms with van der Waals surface area (Å²) in [6.07, 6.45) is 3.34. The van der Waals surface area contributed by atoms with E-state index in [9.17, 15) is 9.59 Å². The van der Waals surface area contributed by atoms with Crippen LogP contribution in [-0.2, 0) is 0 Å². The normalized spacial score (nSPS) is 14.1. The minimum Gasteiger partial charge on any atom is -0.478 e. The quantitative estimate of drug-likeness (QED) is 0.907. The molecule has 22 heavy (non-hydrogen) atoms. The molecular formula is C16H16N2O4. The standard InChI is InChI=1S/C16H16N2O4/c19-15(14-9-11(10-22-14)16(20)21)17-12-5-1-2-6-13(12)18-7-3-4-8-18/h1-2,5-6,9-10H,3-4,7-8H2,(H,17,19)(H,20,21). The van der Waals surface area contributed by atoms with Crippen LogP contribution in [0.25, 0.3) is 0 Å². The third-order valence-corrected chi connectivity index (χ3v) is 3.67. The highest BCUT2D eigenvalue weighted by Crippen LogP contribution is 2.29. The number of benzene rings is 1. The fraction of sp³-hybridized carbons (Fsp3) is 0.250. The summed E-state index contributed by atoms with van der Waals surface area (Å²) < 4.78 is 5.02. The van der Waals surface area contributed by atoms with Crippen LogP contribution in [0.3, 0.4) is 0 Å². The first-order valence-corrected chi connectivity index (χ1v) is 7.12. The number of carbonyl (C=O) groups is 2. The molecule has 6 heteroatoms. The summed E-state index contributed by atoms with van der Waals surface area (Å²) in [4.78, 5) is 25.2. The van der Waals surface area contributed by atoms with Gasteiger partial charge in [0.2, 0.25) is 0 Å². The maximum absolute atomic E-state index is 12.2. The zero-order valence-corrected chi connectivity index (χ0v) is 11.9. The number of nitrogens with zero attached hydrogens (tertiary/aromatic N) is 1. The molecule has 1 aliphatic rings. The number of anilines is 2. The highest BCUT2D eigenvalue weighted by molar-refractivity contribution is 6.05. The van der Waals surface area contributed by atoms with E-state index in [1.807, 2.05) is 24.3 Å². The summed E-state index contributed by atoms with van der Waals surface area (Å²) in [5.41, 5.74) is 1.62. The third kappa shape index (κ3) is 2.81. The number of furan rings is 1. The first-order valence-electron chi connectivity index (χ1n) is 7.12. The molecule has 1 aromatic heterocycles. The van der Waals surface area contributed by atoms with Crippen LogP contribution < -0.4 is 10.2 Å². The lowest BCUT2D eigenvalue weighted by Gasteiger charge is -2.21. The number of para-hydroxylation sites is 2. The highest BCUT2D eigenvalue weighted by Gasteiger charge is 2.19. The summed E-state index contributed by atoms with van der Waals surface area (Å²) in [7, 11) is 0. The van der Waals surface area contributed by atoms with E-state index in [1.165, 1.54) is 6.07 Å². The van der Waals surface area contributed by atoms with Crippen molar-refractivity contribution in [3.8, 4) is 0 Å². The molecule has 0 unspecified atom stereocenters. The Morgan fingerprint density at radius 1 is 1.18 bits per heavy atom. The molecule has 3 rings (SSSR count). The topological polar surface area (TPSA) is 82.8 Å². The number of hydrogen-bond donors (Lipinski definition) is 2. The molecule has 2 N–H and O–H groups in total. The molecule has 1 aliphatic heterocycles. The summed E-state index contributed by atoms with van der Waals surface area (Å²) in [5, 5.41) is 11.6. The van der Waals surface area contributed by atoms with Crippen molar-refractivity contribution in [2.75, 3.05) is 23.3 Å². The molecule has 0 aliphatic carbocycles. The van der Waals surface area contributed by atoms with Gasteiger partial charge in [-0.3, -0.25) is 4.79 Å². The molecule has 2 heterocycles. The molecule has 6 nitrogen and oxygen atoms in total. The molecule has 1 amide bonds. The summed E-state index contributed by atoms with van der Waals surface area (Å²) >= 11 is 0. The van der Waals surface area contributed by atoms with Crippen molar-refractivity contribution >= 4 is 23.3 Å². The van der Waals surface area contributed by atoms with Crippen LogP contribution in [0.4, 0.5) is 11.4 Å². The number of hydrogen-bond acceptors (Lipinski definition) is 4. The highest BCUT2D eigenvalue weighted by atomic mass is 16.4. The van der Waals surface area contributed by atoms with Crippen molar-refractivity contribution in [2.45, 2.75) is 12.8 Å². The van der Waals surface area contributed by atoms with Crippen molar-refractivity contribution in [3.05, 3.63) is 47.9 Å². The van der Waals surface area contributed by atoms with Crippen LogP contribution in [0, 0.1) is 0 Å². The summed E-state index contributed by atoms with van der Waals surface area (Å²) in [5.74, 6) is -1.60. The number of carboxylic acids is 1. The number of rotatable bonds is 4. The second-order valence-electron chi connectivity index (χ2n) is 5.17. The van der Waals surface area contributed by atoms with E-state index >= 15 is 0 Å². The van der Waals surface area contributed by atoms with Crippen LogP contribution in [0.1, 0.15) is 33.8 Å². The second-order valence-corrected chi connectivity index (χ2v) is 5.17. The Kier molecular flexibility index (Phi) is 3.82. The molecule has 0 radical (unpaired) electrons. The Morgan fingerprint density at radius 2 is 1.91 bits per heavy atom. The van der Waals surface area contributed by atoms with Gasteiger partial charge < -0.3 is 19.7 Å². The van der Waals surface area contributed by atoms with Gasteiger partial charge >= 0.3 is 5.97 Å². The summed E-state index contributed by atoms with van der Waals surface area (Å²) in [6.45, 7) is 1.94. The second kappa shape index (κ2) is 5.93. The predicted molar refractivity (Wildman–Crippen MR) is 81.5 cm³/mol. The minimum absolute atomic E-state index is 0.0198. The number of carbonyl (C=O) groups excluding carboxylic acids is 1. The molecule has 1 fully saturated rings. The van der Waals surface area contributed by atoms with Gasteiger partial charge in [0.05, 0.1) is 16.9 Å². The van der Waals surface area contributed by atoms with Gasteiger partial charge in [-0.1, -0.05) is 12.1 Å². The first-order chi connectivity index (χ1) is 10.6. The molecule has 0 bridgehead atoms. The van der Waals surface area contributed by atoms with E-state index < -0.39 is 11.9 Å². The predicted octanol–water partition coefficient (Wildman–Crippen LogP) is 2.83. The van der Waals surface area contributed by atoms with Crippen LogP contribution in [0.15, 0.2) is 41.0 Å². The lowest BCUT2D eigenvalue weighted by Crippen LogP contribution is -2.21. The number of amides is 1. The smallest absolute Gasteiger partial charge is 0.338 e. The van der Waals surface area contributed by atoms with Crippen molar-refractivity contribution in [3.63, 3.8) is 0 Å². The molecule has 114 valence electrons. The summed E-state index contributed by atoms with van der Waals surface area (Å²) in [6, 6.07) is 8.78. The minimum atomic E-state index is -1.12. The molecule has 0 spiro atoms. The maximum atomic E-state index is 12.2. The monoisotopic (exact) mass is 300 g/mol. The largest absolute Gasteiger partial charge is 0.478 e.